The zero-order valence-corrected chi connectivity index (χ0v) is 8.65. The van der Waals surface area contributed by atoms with Gasteiger partial charge in [-0.3, -0.25) is 4.39 Å². The minimum atomic E-state index is -0.213. The van der Waals surface area contributed by atoms with E-state index in [1.807, 2.05) is 0 Å². The molecule has 0 spiro atoms. The van der Waals surface area contributed by atoms with Crippen molar-refractivity contribution < 1.29 is 4.39 Å². The van der Waals surface area contributed by atoms with Crippen molar-refractivity contribution in [3.63, 3.8) is 0 Å². The summed E-state index contributed by atoms with van der Waals surface area (Å²) in [7, 11) is 0. The number of hydrogen-bond donors (Lipinski definition) is 1. The van der Waals surface area contributed by atoms with E-state index in [2.05, 4.69) is 4.90 Å². The van der Waals surface area contributed by atoms with Crippen molar-refractivity contribution in [1.82, 2.24) is 4.90 Å². The van der Waals surface area contributed by atoms with Gasteiger partial charge in [-0.15, -0.1) is 0 Å². The molecule has 0 aromatic rings. The van der Waals surface area contributed by atoms with E-state index in [0.29, 0.717) is 17.3 Å². The molecule has 0 unspecified atom stereocenters. The summed E-state index contributed by atoms with van der Waals surface area (Å²) >= 11 is 4.94. The van der Waals surface area contributed by atoms with Gasteiger partial charge in [-0.05, 0) is 32.4 Å². The molecule has 0 atom stereocenters. The summed E-state index contributed by atoms with van der Waals surface area (Å²) in [6.07, 6.45) is 2.74. The predicted molar refractivity (Wildman–Crippen MR) is 56.5 cm³/mol. The summed E-state index contributed by atoms with van der Waals surface area (Å²) in [5, 5.41) is 0. The highest BCUT2D eigenvalue weighted by Crippen LogP contribution is 2.17. The van der Waals surface area contributed by atoms with Crippen LogP contribution < -0.4 is 5.73 Å². The molecule has 1 aliphatic rings. The molecule has 0 saturated carbocycles. The number of alkyl halides is 1. The highest BCUT2D eigenvalue weighted by Gasteiger charge is 2.20. The first-order valence-corrected chi connectivity index (χ1v) is 5.22. The van der Waals surface area contributed by atoms with Gasteiger partial charge in [0.1, 0.15) is 0 Å². The van der Waals surface area contributed by atoms with Crippen molar-refractivity contribution >= 4 is 17.2 Å². The quantitative estimate of drug-likeness (QED) is 0.701. The molecule has 0 radical (unpaired) electrons. The van der Waals surface area contributed by atoms with Crippen molar-refractivity contribution in [2.45, 2.75) is 19.3 Å². The SMILES string of the molecule is NC(=S)C1CCN(CCCF)CC1. The lowest BCUT2D eigenvalue weighted by atomic mass is 9.97. The van der Waals surface area contributed by atoms with E-state index in [1.54, 1.807) is 0 Å². The summed E-state index contributed by atoms with van der Waals surface area (Å²) in [5.41, 5.74) is 5.57. The monoisotopic (exact) mass is 204 g/mol. The molecule has 0 aliphatic carbocycles. The number of hydrogen-bond acceptors (Lipinski definition) is 2. The fourth-order valence-corrected chi connectivity index (χ4v) is 1.96. The van der Waals surface area contributed by atoms with E-state index in [1.165, 1.54) is 0 Å². The lowest BCUT2D eigenvalue weighted by Crippen LogP contribution is -2.38. The lowest BCUT2D eigenvalue weighted by Gasteiger charge is -2.31. The van der Waals surface area contributed by atoms with Crippen molar-refractivity contribution in [2.75, 3.05) is 26.3 Å². The topological polar surface area (TPSA) is 29.3 Å². The maximum Gasteiger partial charge on any atom is 0.0906 e. The molecule has 0 amide bonds. The molecule has 1 fully saturated rings. The largest absolute Gasteiger partial charge is 0.393 e. The number of piperidine rings is 1. The first-order valence-electron chi connectivity index (χ1n) is 4.81. The molecule has 0 bridgehead atoms. The Morgan fingerprint density at radius 1 is 1.46 bits per heavy atom. The van der Waals surface area contributed by atoms with Gasteiger partial charge in [0.15, 0.2) is 0 Å². The summed E-state index contributed by atoms with van der Waals surface area (Å²) in [6.45, 7) is 2.69. The van der Waals surface area contributed by atoms with E-state index >= 15 is 0 Å². The van der Waals surface area contributed by atoms with Gasteiger partial charge in [0.25, 0.3) is 0 Å². The number of nitrogens with zero attached hydrogens (tertiary/aromatic N) is 1. The molecule has 4 heteroatoms. The summed E-state index contributed by atoms with van der Waals surface area (Å²) in [5.74, 6) is 0.414. The fourth-order valence-electron chi connectivity index (χ4n) is 1.72. The number of likely N-dealkylation sites (tertiary alicyclic amines) is 1. The van der Waals surface area contributed by atoms with Crippen LogP contribution in [0.3, 0.4) is 0 Å². The van der Waals surface area contributed by atoms with Crippen molar-refractivity contribution in [3.8, 4) is 0 Å². The Morgan fingerprint density at radius 2 is 2.08 bits per heavy atom. The molecule has 2 nitrogen and oxygen atoms in total. The van der Waals surface area contributed by atoms with Crippen molar-refractivity contribution in [1.29, 1.82) is 0 Å². The van der Waals surface area contributed by atoms with Crippen LogP contribution in [0.15, 0.2) is 0 Å². The predicted octanol–water partition coefficient (Wildman–Crippen LogP) is 1.34. The molecular weight excluding hydrogens is 187 g/mol. The zero-order valence-electron chi connectivity index (χ0n) is 7.84. The van der Waals surface area contributed by atoms with Crippen molar-refractivity contribution in [2.24, 2.45) is 11.7 Å². The number of rotatable bonds is 4. The molecule has 76 valence electrons. The molecule has 1 saturated heterocycles. The minimum absolute atomic E-state index is 0.213. The molecule has 1 heterocycles. The summed E-state index contributed by atoms with van der Waals surface area (Å²) in [4.78, 5) is 2.93. The normalized spacial score (nSPS) is 20.4. The number of nitrogens with two attached hydrogens (primary N) is 1. The number of thiocarbonyl (C=S) groups is 1. The average Bonchev–Trinajstić information content (AvgIpc) is 2.15. The number of halogens is 1. The van der Waals surface area contributed by atoms with Crippen molar-refractivity contribution in [3.05, 3.63) is 0 Å². The Bertz CT molecular complexity index is 167. The third-order valence-corrected chi connectivity index (χ3v) is 2.93. The van der Waals surface area contributed by atoms with Crippen LogP contribution in [0.5, 0.6) is 0 Å². The zero-order chi connectivity index (χ0) is 9.68. The first-order chi connectivity index (χ1) is 6.24. The maximum atomic E-state index is 11.9. The molecule has 0 aromatic carbocycles. The van der Waals surface area contributed by atoms with Crippen LogP contribution in [-0.2, 0) is 0 Å². The van der Waals surface area contributed by atoms with Gasteiger partial charge < -0.3 is 10.6 Å². The molecule has 13 heavy (non-hydrogen) atoms. The average molecular weight is 204 g/mol. The Morgan fingerprint density at radius 3 is 2.54 bits per heavy atom. The van der Waals surface area contributed by atoms with Crippen LogP contribution in [-0.4, -0.2) is 36.2 Å². The fraction of sp³-hybridized carbons (Fsp3) is 0.889. The van der Waals surface area contributed by atoms with E-state index in [0.717, 1.165) is 32.5 Å². The van der Waals surface area contributed by atoms with E-state index in [9.17, 15) is 4.39 Å². The lowest BCUT2D eigenvalue weighted by molar-refractivity contribution is 0.202. The van der Waals surface area contributed by atoms with E-state index < -0.39 is 0 Å². The smallest absolute Gasteiger partial charge is 0.0906 e. The third-order valence-electron chi connectivity index (χ3n) is 2.60. The van der Waals surface area contributed by atoms with Crippen LogP contribution in [0.25, 0.3) is 0 Å². The molecule has 0 aromatic heterocycles. The minimum Gasteiger partial charge on any atom is -0.393 e. The van der Waals surface area contributed by atoms with Gasteiger partial charge in [-0.25, -0.2) is 0 Å². The Balaban J connectivity index is 2.18. The second-order valence-electron chi connectivity index (χ2n) is 3.56. The Kier molecular flexibility index (Phi) is 4.59. The van der Waals surface area contributed by atoms with E-state index in [4.69, 9.17) is 18.0 Å². The molecule has 1 rings (SSSR count). The Hall–Kier alpha value is -0.220. The third kappa shape index (κ3) is 3.56. The van der Waals surface area contributed by atoms with Gasteiger partial charge in [-0.2, -0.15) is 0 Å². The second-order valence-corrected chi connectivity index (χ2v) is 4.03. The second kappa shape index (κ2) is 5.50. The van der Waals surface area contributed by atoms with Gasteiger partial charge in [0, 0.05) is 12.5 Å². The summed E-state index contributed by atoms with van der Waals surface area (Å²) < 4.78 is 11.9. The van der Waals surface area contributed by atoms with Crippen LogP contribution in [0, 0.1) is 5.92 Å². The van der Waals surface area contributed by atoms with Gasteiger partial charge in [-0.1, -0.05) is 12.2 Å². The van der Waals surface area contributed by atoms with Gasteiger partial charge in [0.05, 0.1) is 11.7 Å². The molecule has 2 N–H and O–H groups in total. The molecule has 1 aliphatic heterocycles. The highest BCUT2D eigenvalue weighted by atomic mass is 32.1. The van der Waals surface area contributed by atoms with E-state index in [-0.39, 0.29) is 6.67 Å². The highest BCUT2D eigenvalue weighted by molar-refractivity contribution is 7.80. The van der Waals surface area contributed by atoms with Crippen LogP contribution in [0.4, 0.5) is 4.39 Å². The van der Waals surface area contributed by atoms with Crippen LogP contribution >= 0.6 is 12.2 Å². The standard InChI is InChI=1S/C9H17FN2S/c10-4-1-5-12-6-2-8(3-7-12)9(11)13/h8H,1-7H2,(H2,11,13). The Labute approximate surface area is 84.3 Å². The van der Waals surface area contributed by atoms with Gasteiger partial charge in [0.2, 0.25) is 0 Å². The summed E-state index contributed by atoms with van der Waals surface area (Å²) in [6, 6.07) is 0. The van der Waals surface area contributed by atoms with Crippen LogP contribution in [0.2, 0.25) is 0 Å². The molecular formula is C9H17FN2S. The van der Waals surface area contributed by atoms with Crippen LogP contribution in [0.1, 0.15) is 19.3 Å². The first kappa shape index (κ1) is 10.9. The van der Waals surface area contributed by atoms with Gasteiger partial charge >= 0.3 is 0 Å². The maximum absolute atomic E-state index is 11.9.